The first-order chi connectivity index (χ1) is 47.0. The van der Waals surface area contributed by atoms with Crippen molar-refractivity contribution in [2.75, 3.05) is 0 Å². The number of halogens is 2. The van der Waals surface area contributed by atoms with Crippen LogP contribution in [0, 0.1) is 0 Å². The van der Waals surface area contributed by atoms with E-state index >= 15 is 0 Å². The minimum absolute atomic E-state index is 0. The SMILES string of the molecule is Brc1cnc2[nH]cc(-c3ccoc3)c2c1.CC(C)[Si](C(C)C)(C(C)C)n1ccc(-c2cnc3c(c2)c(-c2ccoc2)cn3C)c1.CC(C)[Si](C(C)C)(C(C)C)n1ccc(B(O)O)c1.Cn1cc(-c2ccoc2)c2cc(Br)cnc21.[Na+].[OH-].c1cc(-c2cnc3[nH]cc(-c4ccoc4)c3c2)c[nH]1. The predicted molar refractivity (Wildman–Crippen MR) is 412 cm³/mol. The third-order valence-corrected chi connectivity index (χ3v) is 33.7. The maximum Gasteiger partial charge on any atom is 1.00 e. The Hall–Kier alpha value is -7.94. The summed E-state index contributed by atoms with van der Waals surface area (Å²) in [5.41, 5.74) is 21.5. The van der Waals surface area contributed by atoms with Crippen molar-refractivity contribution in [3.63, 3.8) is 0 Å². The molecule has 15 aromatic heterocycles. The van der Waals surface area contributed by atoms with Crippen LogP contribution in [-0.4, -0.2) is 91.6 Å². The van der Waals surface area contributed by atoms with E-state index in [4.69, 9.17) is 22.7 Å². The van der Waals surface area contributed by atoms with Gasteiger partial charge < -0.3 is 65.7 Å². The normalized spacial score (nSPS) is 11.7. The van der Waals surface area contributed by atoms with Gasteiger partial charge in [-0.05, 0) is 156 Å². The van der Waals surface area contributed by atoms with Crippen molar-refractivity contribution in [1.82, 2.24) is 52.5 Å². The summed E-state index contributed by atoms with van der Waals surface area (Å²) in [6.45, 7) is 28.2. The van der Waals surface area contributed by atoms with E-state index < -0.39 is 23.6 Å². The molecule has 514 valence electrons. The Kier molecular flexibility index (Phi) is 25.0. The number of nitrogens with one attached hydrogen (secondary N) is 3. The van der Waals surface area contributed by atoms with Crippen molar-refractivity contribution in [1.29, 1.82) is 0 Å². The summed E-state index contributed by atoms with van der Waals surface area (Å²) in [6.07, 6.45) is 41.8. The minimum Gasteiger partial charge on any atom is -0.870 e. The topological polar surface area (TPSA) is 242 Å². The smallest absolute Gasteiger partial charge is 0.870 e. The number of hydrogen-bond acceptors (Lipinski definition) is 11. The molecule has 0 bridgehead atoms. The molecule has 0 aliphatic carbocycles. The predicted octanol–water partition coefficient (Wildman–Crippen LogP) is 17.3. The second-order valence-electron chi connectivity index (χ2n) is 26.9. The van der Waals surface area contributed by atoms with Crippen LogP contribution in [0.25, 0.3) is 111 Å². The van der Waals surface area contributed by atoms with Crippen LogP contribution in [0.1, 0.15) is 83.1 Å². The van der Waals surface area contributed by atoms with Crippen LogP contribution in [0.5, 0.6) is 0 Å². The Morgan fingerprint density at radius 1 is 0.430 bits per heavy atom. The van der Waals surface area contributed by atoms with Crippen molar-refractivity contribution in [3.8, 4) is 66.8 Å². The third-order valence-electron chi connectivity index (χ3n) is 19.4. The van der Waals surface area contributed by atoms with Gasteiger partial charge in [0.15, 0.2) is 16.5 Å². The van der Waals surface area contributed by atoms with Gasteiger partial charge in [-0.25, -0.2) is 19.9 Å². The van der Waals surface area contributed by atoms with Gasteiger partial charge in [0, 0.05) is 180 Å². The summed E-state index contributed by atoms with van der Waals surface area (Å²) in [4.78, 5) is 27.3. The summed E-state index contributed by atoms with van der Waals surface area (Å²) < 4.78 is 31.6. The molecule has 6 N–H and O–H groups in total. The fourth-order valence-corrected chi connectivity index (χ4v) is 29.0. The van der Waals surface area contributed by atoms with Gasteiger partial charge in [-0.3, -0.25) is 0 Å². The molecule has 15 heterocycles. The molecule has 18 nitrogen and oxygen atoms in total. The van der Waals surface area contributed by atoms with Gasteiger partial charge in [-0.1, -0.05) is 83.1 Å². The van der Waals surface area contributed by atoms with Crippen LogP contribution in [0.15, 0.2) is 230 Å². The molecule has 0 fully saturated rings. The molecule has 0 aromatic carbocycles. The number of furan rings is 4. The quantitative estimate of drug-likeness (QED) is 0.0605. The first kappa shape index (κ1) is 76.2. The van der Waals surface area contributed by atoms with Gasteiger partial charge in [-0.15, -0.1) is 0 Å². The van der Waals surface area contributed by atoms with Crippen LogP contribution in [0.2, 0.25) is 33.2 Å². The second kappa shape index (κ2) is 32.8. The van der Waals surface area contributed by atoms with Gasteiger partial charge in [0.1, 0.15) is 22.6 Å². The van der Waals surface area contributed by atoms with Crippen molar-refractivity contribution in [2.24, 2.45) is 14.1 Å². The first-order valence-electron chi connectivity index (χ1n) is 33.1. The summed E-state index contributed by atoms with van der Waals surface area (Å²) >= 11 is 6.86. The molecule has 100 heavy (non-hydrogen) atoms. The molecular weight excluding hydrogens is 1430 g/mol. The van der Waals surface area contributed by atoms with Gasteiger partial charge in [0.25, 0.3) is 0 Å². The van der Waals surface area contributed by atoms with E-state index in [2.05, 4.69) is 207 Å². The molecule has 24 heteroatoms. The number of fused-ring (bicyclic) bond motifs is 4. The summed E-state index contributed by atoms with van der Waals surface area (Å²) in [5, 5.41) is 23.0. The minimum atomic E-state index is -1.74. The molecule has 0 saturated heterocycles. The maximum atomic E-state index is 9.28. The molecule has 0 unspecified atom stereocenters. The molecule has 0 saturated carbocycles. The number of nitrogens with zero attached hydrogens (tertiary/aromatic N) is 8. The molecule has 0 amide bonds. The van der Waals surface area contributed by atoms with Gasteiger partial charge in [0.05, 0.1) is 50.1 Å². The summed E-state index contributed by atoms with van der Waals surface area (Å²) in [6, 6.07) is 22.5. The number of aromatic nitrogens is 11. The Bertz CT molecular complexity index is 4980. The zero-order chi connectivity index (χ0) is 69.7. The second-order valence-corrected chi connectivity index (χ2v) is 40.2. The molecule has 0 atom stereocenters. The zero-order valence-corrected chi connectivity index (χ0v) is 66.6. The van der Waals surface area contributed by atoms with E-state index in [-0.39, 0.29) is 35.0 Å². The standard InChI is InChI=1S/C25H33N3OSi.C15H11N3O.C13H26BNO2Si.C12H9BrN2O.C11H7BrN2O.Na.H2O/c1-17(2)30(18(3)4,19(5)6)28-10-8-20(14-28)22-12-23-24(21-9-11-29-16-21)15-27(7)25(23)26-13-22;1-3-16-6-10(1)12-5-13-14(11-2-4-19-9-11)8-18-15(13)17-7-12;1-10(2)18(11(3)4,12(5)6)15-8-7-13(9-15)14(16)17;1-15-6-11(8-2-3-16-7-8)10-4-9(13)5-14-12(10)15;12-8-3-9-10(7-1-2-15-6-7)5-14-11(9)13-4-8;;/h8-19H,1-7H3;1-9,16H,(H,17,18);7-12,16-17H,1-6H3;2-7H,1H3;1-6H,(H,13,14);;1H2/q;;;;;+1;/p-1. The van der Waals surface area contributed by atoms with Gasteiger partial charge in [-0.2, -0.15) is 0 Å². The fraction of sp³-hybridized carbons (Fsp3) is 0.263. The largest absolute Gasteiger partial charge is 1.00 e. The molecule has 0 aliphatic rings. The van der Waals surface area contributed by atoms with E-state index in [1.54, 1.807) is 56.3 Å². The number of aromatic amines is 3. The average molecular weight is 1520 g/mol. The molecular formula is C76H87BBr2N11NaO7Si2. The van der Waals surface area contributed by atoms with E-state index in [1.807, 2.05) is 117 Å². The van der Waals surface area contributed by atoms with Crippen molar-refractivity contribution < 1.29 is 62.8 Å². The fourth-order valence-electron chi connectivity index (χ4n) is 15.3. The third kappa shape index (κ3) is 15.4. The van der Waals surface area contributed by atoms with E-state index in [0.717, 1.165) is 114 Å². The maximum absolute atomic E-state index is 9.28. The number of hydrogen-bond donors (Lipinski definition) is 5. The Labute approximate surface area is 624 Å². The van der Waals surface area contributed by atoms with E-state index in [1.165, 1.54) is 5.56 Å². The molecule has 0 aliphatic heterocycles. The van der Waals surface area contributed by atoms with Crippen molar-refractivity contribution >= 4 is 105 Å². The van der Waals surface area contributed by atoms with Crippen LogP contribution < -0.4 is 35.0 Å². The summed E-state index contributed by atoms with van der Waals surface area (Å²) in [5.74, 6) is 0. The van der Waals surface area contributed by atoms with Crippen LogP contribution in [0.4, 0.5) is 0 Å². The first-order valence-corrected chi connectivity index (χ1v) is 39.1. The van der Waals surface area contributed by atoms with Crippen molar-refractivity contribution in [2.45, 2.75) is 116 Å². The van der Waals surface area contributed by atoms with E-state index in [0.29, 0.717) is 38.7 Å². The number of rotatable bonds is 15. The zero-order valence-electron chi connectivity index (χ0n) is 59.4. The summed E-state index contributed by atoms with van der Waals surface area (Å²) in [7, 11) is -0.808. The van der Waals surface area contributed by atoms with Crippen LogP contribution in [-0.2, 0) is 14.1 Å². The van der Waals surface area contributed by atoms with Crippen molar-refractivity contribution in [3.05, 3.63) is 213 Å². The van der Waals surface area contributed by atoms with Gasteiger partial charge in [0.2, 0.25) is 0 Å². The van der Waals surface area contributed by atoms with Gasteiger partial charge >= 0.3 is 36.7 Å². The average Bonchev–Trinajstić information content (AvgIpc) is 1.59. The van der Waals surface area contributed by atoms with E-state index in [9.17, 15) is 10.0 Å². The Morgan fingerprint density at radius 2 is 0.820 bits per heavy atom. The number of pyridine rings is 4. The Morgan fingerprint density at radius 3 is 1.26 bits per heavy atom. The molecule has 0 radical (unpaired) electrons. The monoisotopic (exact) mass is 1510 g/mol. The molecule has 0 spiro atoms. The Balaban J connectivity index is 0.000000149. The molecule has 15 rings (SSSR count). The molecule has 15 aromatic rings. The number of aryl methyl sites for hydroxylation is 2. The van der Waals surface area contributed by atoms with Crippen LogP contribution >= 0.6 is 31.9 Å². The number of H-pyrrole nitrogens is 3. The van der Waals surface area contributed by atoms with Crippen LogP contribution in [0.3, 0.4) is 0 Å².